The predicted octanol–water partition coefficient (Wildman–Crippen LogP) is 1.37. The Morgan fingerprint density at radius 3 is 2.80 bits per heavy atom. The summed E-state index contributed by atoms with van der Waals surface area (Å²) in [5.74, 6) is 0. The van der Waals surface area contributed by atoms with Crippen molar-refractivity contribution in [2.45, 2.75) is 17.9 Å². The molecular weight excluding hydrogens is 276 g/mol. The molecule has 0 amide bonds. The first kappa shape index (κ1) is 14.4. The van der Waals surface area contributed by atoms with E-state index in [4.69, 9.17) is 5.73 Å². The fraction of sp³-hybridized carbons (Fsp3) is 0.308. The van der Waals surface area contributed by atoms with Crippen LogP contribution in [0.2, 0.25) is 0 Å². The van der Waals surface area contributed by atoms with Gasteiger partial charge in [0.15, 0.2) is 9.84 Å². The van der Waals surface area contributed by atoms with Gasteiger partial charge in [-0.2, -0.15) is 5.10 Å². The third-order valence-corrected chi connectivity index (χ3v) is 4.06. The van der Waals surface area contributed by atoms with Crippen LogP contribution in [0.15, 0.2) is 41.6 Å². The maximum atomic E-state index is 11.6. The fourth-order valence-corrected chi connectivity index (χ4v) is 2.75. The molecule has 0 unspecified atom stereocenters. The quantitative estimate of drug-likeness (QED) is 0.620. The number of sulfone groups is 1. The van der Waals surface area contributed by atoms with Crippen LogP contribution in [0.3, 0.4) is 0 Å². The van der Waals surface area contributed by atoms with Gasteiger partial charge in [0.2, 0.25) is 0 Å². The molecule has 0 bridgehead atoms. The first-order chi connectivity index (χ1) is 9.48. The number of hydrogen-bond acceptors (Lipinski definition) is 5. The zero-order valence-electron chi connectivity index (χ0n) is 11.3. The van der Waals surface area contributed by atoms with Crippen molar-refractivity contribution in [1.29, 1.82) is 0 Å². The van der Waals surface area contributed by atoms with E-state index in [-0.39, 0.29) is 10.6 Å². The Morgan fingerprint density at radius 1 is 1.35 bits per heavy atom. The molecule has 0 aliphatic rings. The molecule has 0 saturated heterocycles. The number of benzene rings is 1. The monoisotopic (exact) mass is 294 g/mol. The van der Waals surface area contributed by atoms with Gasteiger partial charge in [0, 0.05) is 31.7 Å². The number of nitrogens with two attached hydrogens (primary N) is 1. The van der Waals surface area contributed by atoms with Crippen LogP contribution in [-0.2, 0) is 16.4 Å². The van der Waals surface area contributed by atoms with Crippen LogP contribution < -0.4 is 11.1 Å². The SMILES string of the molecule is CS(=O)(=O)c1cccc(NCCCn2cccn2)c1N. The van der Waals surface area contributed by atoms with Crippen LogP contribution in [0.25, 0.3) is 0 Å². The molecule has 6 nitrogen and oxygen atoms in total. The van der Waals surface area contributed by atoms with E-state index in [1.165, 1.54) is 6.07 Å². The number of para-hydroxylation sites is 1. The summed E-state index contributed by atoms with van der Waals surface area (Å²) >= 11 is 0. The Labute approximate surface area is 118 Å². The molecular formula is C13H18N4O2S. The van der Waals surface area contributed by atoms with E-state index in [1.54, 1.807) is 18.3 Å². The summed E-state index contributed by atoms with van der Waals surface area (Å²) < 4.78 is 25.0. The van der Waals surface area contributed by atoms with Crippen molar-refractivity contribution >= 4 is 21.2 Å². The van der Waals surface area contributed by atoms with E-state index in [9.17, 15) is 8.42 Å². The van der Waals surface area contributed by atoms with E-state index in [2.05, 4.69) is 10.4 Å². The Kier molecular flexibility index (Phi) is 4.29. The minimum absolute atomic E-state index is 0.162. The number of nitrogens with one attached hydrogen (secondary N) is 1. The van der Waals surface area contributed by atoms with Gasteiger partial charge in [0.05, 0.1) is 16.3 Å². The molecule has 2 aromatic rings. The van der Waals surface area contributed by atoms with Crippen LogP contribution in [0.5, 0.6) is 0 Å². The Morgan fingerprint density at radius 2 is 2.15 bits per heavy atom. The number of nitrogens with zero attached hydrogens (tertiary/aromatic N) is 2. The molecule has 7 heteroatoms. The van der Waals surface area contributed by atoms with Crippen LogP contribution in [-0.4, -0.2) is 31.0 Å². The lowest BCUT2D eigenvalue weighted by Crippen LogP contribution is -2.10. The maximum Gasteiger partial charge on any atom is 0.177 e. The lowest BCUT2D eigenvalue weighted by Gasteiger charge is -2.12. The molecule has 108 valence electrons. The first-order valence-electron chi connectivity index (χ1n) is 6.28. The van der Waals surface area contributed by atoms with Crippen molar-refractivity contribution < 1.29 is 8.42 Å². The van der Waals surface area contributed by atoms with E-state index in [0.29, 0.717) is 12.2 Å². The van der Waals surface area contributed by atoms with Gasteiger partial charge in [-0.3, -0.25) is 4.68 Å². The van der Waals surface area contributed by atoms with Crippen molar-refractivity contribution in [1.82, 2.24) is 9.78 Å². The number of nitrogen functional groups attached to an aromatic ring is 1. The number of aryl methyl sites for hydroxylation is 1. The van der Waals surface area contributed by atoms with E-state index >= 15 is 0 Å². The highest BCUT2D eigenvalue weighted by Crippen LogP contribution is 2.26. The van der Waals surface area contributed by atoms with Gasteiger partial charge in [-0.05, 0) is 24.6 Å². The highest BCUT2D eigenvalue weighted by molar-refractivity contribution is 7.90. The summed E-state index contributed by atoms with van der Waals surface area (Å²) in [6.45, 7) is 1.49. The van der Waals surface area contributed by atoms with Crippen molar-refractivity contribution in [3.05, 3.63) is 36.7 Å². The zero-order valence-corrected chi connectivity index (χ0v) is 12.1. The molecule has 0 aliphatic carbocycles. The molecule has 0 aliphatic heterocycles. The number of anilines is 2. The lowest BCUT2D eigenvalue weighted by molar-refractivity contribution is 0.592. The Hall–Kier alpha value is -2.02. The average molecular weight is 294 g/mol. The summed E-state index contributed by atoms with van der Waals surface area (Å²) in [6, 6.07) is 6.85. The van der Waals surface area contributed by atoms with Crippen molar-refractivity contribution in [2.24, 2.45) is 0 Å². The number of hydrogen-bond donors (Lipinski definition) is 2. The lowest BCUT2D eigenvalue weighted by atomic mass is 10.2. The zero-order chi connectivity index (χ0) is 14.6. The second-order valence-electron chi connectivity index (χ2n) is 4.54. The van der Waals surface area contributed by atoms with E-state index < -0.39 is 9.84 Å². The van der Waals surface area contributed by atoms with E-state index in [0.717, 1.165) is 19.2 Å². The van der Waals surface area contributed by atoms with Gasteiger partial charge in [-0.15, -0.1) is 0 Å². The summed E-state index contributed by atoms with van der Waals surface area (Å²) in [6.07, 6.45) is 5.66. The second kappa shape index (κ2) is 5.96. The number of aromatic nitrogens is 2. The van der Waals surface area contributed by atoms with Crippen LogP contribution in [0, 0.1) is 0 Å². The van der Waals surface area contributed by atoms with Crippen LogP contribution in [0.4, 0.5) is 11.4 Å². The van der Waals surface area contributed by atoms with Gasteiger partial charge in [0.25, 0.3) is 0 Å². The molecule has 0 radical (unpaired) electrons. The highest BCUT2D eigenvalue weighted by Gasteiger charge is 2.13. The minimum atomic E-state index is -3.30. The van der Waals surface area contributed by atoms with Crippen molar-refractivity contribution in [3.63, 3.8) is 0 Å². The van der Waals surface area contributed by atoms with Crippen LogP contribution >= 0.6 is 0 Å². The van der Waals surface area contributed by atoms with Crippen molar-refractivity contribution in [2.75, 3.05) is 23.9 Å². The Bertz CT molecular complexity index is 666. The first-order valence-corrected chi connectivity index (χ1v) is 8.17. The van der Waals surface area contributed by atoms with Crippen LogP contribution in [0.1, 0.15) is 6.42 Å². The molecule has 0 atom stereocenters. The molecule has 1 aromatic carbocycles. The highest BCUT2D eigenvalue weighted by atomic mass is 32.2. The smallest absolute Gasteiger partial charge is 0.177 e. The summed E-state index contributed by atoms with van der Waals surface area (Å²) in [5, 5.41) is 7.27. The largest absolute Gasteiger partial charge is 0.396 e. The molecule has 20 heavy (non-hydrogen) atoms. The third kappa shape index (κ3) is 3.51. The number of rotatable bonds is 6. The van der Waals surface area contributed by atoms with Gasteiger partial charge in [-0.25, -0.2) is 8.42 Å². The fourth-order valence-electron chi connectivity index (χ4n) is 1.92. The molecule has 3 N–H and O–H groups in total. The molecule has 1 heterocycles. The topological polar surface area (TPSA) is 90.0 Å². The minimum Gasteiger partial charge on any atom is -0.396 e. The molecule has 2 rings (SSSR count). The Balaban J connectivity index is 1.96. The summed E-state index contributed by atoms with van der Waals surface area (Å²) in [5.41, 5.74) is 6.81. The van der Waals surface area contributed by atoms with E-state index in [1.807, 2.05) is 16.9 Å². The standard InChI is InChI=1S/C13H18N4O2S/c1-20(18,19)12-6-2-5-11(13(12)14)15-7-3-9-17-10-4-8-16-17/h2,4-6,8,10,15H,3,7,9,14H2,1H3. The van der Waals surface area contributed by atoms with Gasteiger partial charge < -0.3 is 11.1 Å². The van der Waals surface area contributed by atoms with Gasteiger partial charge >= 0.3 is 0 Å². The molecule has 0 fully saturated rings. The van der Waals surface area contributed by atoms with Crippen molar-refractivity contribution in [3.8, 4) is 0 Å². The van der Waals surface area contributed by atoms with Gasteiger partial charge in [0.1, 0.15) is 0 Å². The summed E-state index contributed by atoms with van der Waals surface area (Å²) in [4.78, 5) is 0.162. The second-order valence-corrected chi connectivity index (χ2v) is 6.52. The molecule has 0 saturated carbocycles. The predicted molar refractivity (Wildman–Crippen MR) is 79.3 cm³/mol. The maximum absolute atomic E-state index is 11.6. The molecule has 1 aromatic heterocycles. The summed E-state index contributed by atoms with van der Waals surface area (Å²) in [7, 11) is -3.30. The average Bonchev–Trinajstić information content (AvgIpc) is 2.88. The normalized spacial score (nSPS) is 11.4. The third-order valence-electron chi connectivity index (χ3n) is 2.90. The molecule has 0 spiro atoms. The van der Waals surface area contributed by atoms with Gasteiger partial charge in [-0.1, -0.05) is 6.07 Å².